The van der Waals surface area contributed by atoms with Crippen LogP contribution in [-0.2, 0) is 4.79 Å². The van der Waals surface area contributed by atoms with Gasteiger partial charge in [-0.2, -0.15) is 0 Å². The number of carboxylic acids is 1. The SMILES string of the molecule is COc1ccc2nccc([C@H](F)CC[C@@H]3CCN(CCCSc4ccc(C)cc4)C[C@@H]3C(=O)O)c2c1. The minimum Gasteiger partial charge on any atom is -0.497 e. The topological polar surface area (TPSA) is 62.7 Å². The number of ether oxygens (including phenoxy) is 1. The second-order valence-corrected chi connectivity index (χ2v) is 10.8. The van der Waals surface area contributed by atoms with E-state index in [4.69, 9.17) is 4.74 Å². The largest absolute Gasteiger partial charge is 0.497 e. The molecular weight excluding hydrogens is 475 g/mol. The van der Waals surface area contributed by atoms with Crippen molar-refractivity contribution in [3.8, 4) is 5.75 Å². The van der Waals surface area contributed by atoms with Crippen LogP contribution in [0, 0.1) is 18.8 Å². The normalized spacial score (nSPS) is 19.3. The molecule has 0 saturated carbocycles. The Morgan fingerprint density at radius 3 is 2.81 bits per heavy atom. The van der Waals surface area contributed by atoms with E-state index in [-0.39, 0.29) is 5.92 Å². The van der Waals surface area contributed by atoms with Crippen molar-refractivity contribution in [3.05, 3.63) is 65.9 Å². The summed E-state index contributed by atoms with van der Waals surface area (Å²) < 4.78 is 20.7. The fraction of sp³-hybridized carbons (Fsp3) is 0.448. The number of likely N-dealkylation sites (tertiary alicyclic amines) is 1. The summed E-state index contributed by atoms with van der Waals surface area (Å²) in [4.78, 5) is 19.9. The van der Waals surface area contributed by atoms with Crippen molar-refractivity contribution >= 4 is 28.6 Å². The van der Waals surface area contributed by atoms with Crippen LogP contribution in [0.2, 0.25) is 0 Å². The molecule has 3 aromatic rings. The standard InChI is InChI=1S/C29H35FN2O3S/c1-20-4-8-23(9-5-20)36-17-3-15-32-16-13-21(26(19-32)29(33)34)6-10-27(30)24-12-14-31-28-11-7-22(35-2)18-25(24)28/h4-5,7-9,11-12,14,18,21,26-27H,3,6,10,13,15-17,19H2,1-2H3,(H,33,34)/t21-,26+,27-/m1/s1. The van der Waals surface area contributed by atoms with Gasteiger partial charge in [0.25, 0.3) is 0 Å². The van der Waals surface area contributed by atoms with Gasteiger partial charge < -0.3 is 14.7 Å². The number of thioether (sulfide) groups is 1. The van der Waals surface area contributed by atoms with Gasteiger partial charge in [0, 0.05) is 23.0 Å². The lowest BCUT2D eigenvalue weighted by molar-refractivity contribution is -0.146. The van der Waals surface area contributed by atoms with Crippen molar-refractivity contribution in [2.24, 2.45) is 11.8 Å². The van der Waals surface area contributed by atoms with E-state index in [9.17, 15) is 9.90 Å². The number of hydrogen-bond donors (Lipinski definition) is 1. The Morgan fingerprint density at radius 1 is 1.25 bits per heavy atom. The molecule has 0 aliphatic carbocycles. The quantitative estimate of drug-likeness (QED) is 0.233. The Morgan fingerprint density at radius 2 is 2.06 bits per heavy atom. The van der Waals surface area contributed by atoms with Crippen molar-refractivity contribution in [1.29, 1.82) is 0 Å². The van der Waals surface area contributed by atoms with Gasteiger partial charge in [-0.3, -0.25) is 9.78 Å². The highest BCUT2D eigenvalue weighted by molar-refractivity contribution is 7.99. The van der Waals surface area contributed by atoms with E-state index in [2.05, 4.69) is 41.1 Å². The lowest BCUT2D eigenvalue weighted by atomic mass is 9.81. The first-order valence-corrected chi connectivity index (χ1v) is 13.6. The van der Waals surface area contributed by atoms with Crippen LogP contribution in [0.25, 0.3) is 10.9 Å². The van der Waals surface area contributed by atoms with Gasteiger partial charge in [0.15, 0.2) is 0 Å². The van der Waals surface area contributed by atoms with Crippen LogP contribution >= 0.6 is 11.8 Å². The van der Waals surface area contributed by atoms with Crippen molar-refractivity contribution in [2.45, 2.75) is 43.7 Å². The van der Waals surface area contributed by atoms with Crippen molar-refractivity contribution in [3.63, 3.8) is 0 Å². The van der Waals surface area contributed by atoms with Gasteiger partial charge in [-0.15, -0.1) is 11.8 Å². The number of aliphatic carboxylic acids is 1. The van der Waals surface area contributed by atoms with Gasteiger partial charge in [-0.25, -0.2) is 4.39 Å². The van der Waals surface area contributed by atoms with Gasteiger partial charge in [-0.1, -0.05) is 17.7 Å². The first-order chi connectivity index (χ1) is 17.4. The Hall–Kier alpha value is -2.64. The number of alkyl halides is 1. The highest BCUT2D eigenvalue weighted by Gasteiger charge is 2.34. The molecule has 2 aromatic carbocycles. The zero-order chi connectivity index (χ0) is 25.5. The molecular formula is C29H35FN2O3S. The number of benzene rings is 2. The number of hydrogen-bond acceptors (Lipinski definition) is 5. The van der Waals surface area contributed by atoms with Gasteiger partial charge in [0.1, 0.15) is 11.9 Å². The molecule has 3 atom stereocenters. The number of carboxylic acid groups (broad SMARTS) is 1. The summed E-state index contributed by atoms with van der Waals surface area (Å²) in [5, 5.41) is 10.7. The van der Waals surface area contributed by atoms with E-state index < -0.39 is 18.1 Å². The number of aryl methyl sites for hydroxylation is 1. The zero-order valence-electron chi connectivity index (χ0n) is 21.0. The Balaban J connectivity index is 1.29. The Labute approximate surface area is 217 Å². The molecule has 0 radical (unpaired) electrons. The molecule has 1 N–H and O–H groups in total. The van der Waals surface area contributed by atoms with Crippen LogP contribution in [0.1, 0.15) is 43.0 Å². The Kier molecular flexibility index (Phi) is 9.21. The summed E-state index contributed by atoms with van der Waals surface area (Å²) >= 11 is 1.84. The molecule has 4 rings (SSSR count). The summed E-state index contributed by atoms with van der Waals surface area (Å²) in [6.07, 6.45) is 3.13. The number of piperidine rings is 1. The van der Waals surface area contributed by atoms with E-state index in [1.165, 1.54) is 10.5 Å². The summed E-state index contributed by atoms with van der Waals surface area (Å²) in [6.45, 7) is 4.40. The fourth-order valence-corrected chi connectivity index (χ4v) is 5.91. The molecule has 1 aliphatic heterocycles. The summed E-state index contributed by atoms with van der Waals surface area (Å²) in [5.41, 5.74) is 2.58. The summed E-state index contributed by atoms with van der Waals surface area (Å²) in [7, 11) is 1.59. The van der Waals surface area contributed by atoms with Crippen LogP contribution in [0.15, 0.2) is 59.6 Å². The smallest absolute Gasteiger partial charge is 0.308 e. The molecule has 7 heteroatoms. The first kappa shape index (κ1) is 26.4. The monoisotopic (exact) mass is 510 g/mol. The molecule has 1 aromatic heterocycles. The molecule has 192 valence electrons. The molecule has 1 fully saturated rings. The summed E-state index contributed by atoms with van der Waals surface area (Å²) in [5.74, 6) is 0.439. The number of pyridine rings is 1. The van der Waals surface area contributed by atoms with E-state index in [0.29, 0.717) is 30.7 Å². The predicted molar refractivity (Wildman–Crippen MR) is 144 cm³/mol. The number of methoxy groups -OCH3 is 1. The van der Waals surface area contributed by atoms with Crippen molar-refractivity contribution in [1.82, 2.24) is 9.88 Å². The third-order valence-corrected chi connectivity index (χ3v) is 8.27. The molecule has 2 heterocycles. The second kappa shape index (κ2) is 12.5. The van der Waals surface area contributed by atoms with Gasteiger partial charge in [-0.05, 0) is 99.3 Å². The van der Waals surface area contributed by atoms with E-state index in [1.54, 1.807) is 19.4 Å². The minimum atomic E-state index is -1.17. The molecule has 0 bridgehead atoms. The van der Waals surface area contributed by atoms with Gasteiger partial charge >= 0.3 is 5.97 Å². The van der Waals surface area contributed by atoms with Crippen molar-refractivity contribution in [2.75, 3.05) is 32.5 Å². The number of aromatic nitrogens is 1. The maximum Gasteiger partial charge on any atom is 0.308 e. The third kappa shape index (κ3) is 6.77. The lowest BCUT2D eigenvalue weighted by Crippen LogP contribution is -2.44. The maximum absolute atomic E-state index is 15.4. The van der Waals surface area contributed by atoms with E-state index in [1.807, 2.05) is 30.0 Å². The molecule has 0 unspecified atom stereocenters. The number of fused-ring (bicyclic) bond motifs is 1. The van der Waals surface area contributed by atoms with Gasteiger partial charge in [0.05, 0.1) is 18.5 Å². The predicted octanol–water partition coefficient (Wildman–Crippen LogP) is 6.55. The first-order valence-electron chi connectivity index (χ1n) is 12.7. The molecule has 0 spiro atoms. The second-order valence-electron chi connectivity index (χ2n) is 9.64. The Bertz CT molecular complexity index is 1160. The number of rotatable bonds is 11. The zero-order valence-corrected chi connectivity index (χ0v) is 21.8. The van der Waals surface area contributed by atoms with E-state index >= 15 is 4.39 Å². The molecule has 1 aliphatic rings. The van der Waals surface area contributed by atoms with Crippen LogP contribution < -0.4 is 4.74 Å². The third-order valence-electron chi connectivity index (χ3n) is 7.18. The number of carbonyl (C=O) groups is 1. The molecule has 0 amide bonds. The van der Waals surface area contributed by atoms with Gasteiger partial charge in [0.2, 0.25) is 0 Å². The number of nitrogens with zero attached hydrogens (tertiary/aromatic N) is 2. The number of halogens is 1. The molecule has 5 nitrogen and oxygen atoms in total. The summed E-state index contributed by atoms with van der Waals surface area (Å²) in [6, 6.07) is 15.7. The average Bonchev–Trinajstić information content (AvgIpc) is 2.90. The lowest BCUT2D eigenvalue weighted by Gasteiger charge is -2.36. The van der Waals surface area contributed by atoms with Crippen LogP contribution in [-0.4, -0.2) is 53.5 Å². The van der Waals surface area contributed by atoms with Crippen LogP contribution in [0.5, 0.6) is 5.75 Å². The highest BCUT2D eigenvalue weighted by atomic mass is 32.2. The van der Waals surface area contributed by atoms with Crippen molar-refractivity contribution < 1.29 is 19.0 Å². The van der Waals surface area contributed by atoms with E-state index in [0.717, 1.165) is 42.6 Å². The molecule has 1 saturated heterocycles. The fourth-order valence-electron chi connectivity index (χ4n) is 5.07. The van der Waals surface area contributed by atoms with Crippen LogP contribution in [0.4, 0.5) is 4.39 Å². The van der Waals surface area contributed by atoms with Crippen LogP contribution in [0.3, 0.4) is 0 Å². The highest BCUT2D eigenvalue weighted by Crippen LogP contribution is 2.35. The maximum atomic E-state index is 15.4. The average molecular weight is 511 g/mol. The molecule has 36 heavy (non-hydrogen) atoms. The minimum absolute atomic E-state index is 0.0124.